The van der Waals surface area contributed by atoms with Crippen LogP contribution >= 0.6 is 0 Å². The maximum atomic E-state index is 6.50. The Kier molecular flexibility index (Phi) is 3.85. The second-order valence-electron chi connectivity index (χ2n) is 5.62. The van der Waals surface area contributed by atoms with Crippen LogP contribution in [0.3, 0.4) is 0 Å². The molecule has 1 aromatic carbocycles. The molecule has 1 aliphatic heterocycles. The van der Waals surface area contributed by atoms with E-state index in [4.69, 9.17) is 20.9 Å². The van der Waals surface area contributed by atoms with Crippen molar-refractivity contribution >= 4 is 0 Å². The largest absolute Gasteiger partial charge is 0.496 e. The summed E-state index contributed by atoms with van der Waals surface area (Å²) in [4.78, 5) is 0. The molecule has 1 aromatic rings. The molecule has 0 radical (unpaired) electrons. The fourth-order valence-corrected chi connectivity index (χ4v) is 2.82. The molecular weight excluding hydrogens is 240 g/mol. The predicted molar refractivity (Wildman–Crippen MR) is 76.4 cm³/mol. The molecule has 4 N–H and O–H groups in total. The van der Waals surface area contributed by atoms with Gasteiger partial charge in [0.25, 0.3) is 0 Å². The summed E-state index contributed by atoms with van der Waals surface area (Å²) in [7, 11) is 1.70. The van der Waals surface area contributed by atoms with Crippen LogP contribution in [0.15, 0.2) is 6.07 Å². The van der Waals surface area contributed by atoms with Crippen molar-refractivity contribution in [1.29, 1.82) is 0 Å². The van der Waals surface area contributed by atoms with E-state index < -0.39 is 0 Å². The summed E-state index contributed by atoms with van der Waals surface area (Å²) in [6.07, 6.45) is 0. The molecule has 0 amide bonds. The number of nitrogens with two attached hydrogens (primary N) is 2. The fraction of sp³-hybridized carbons (Fsp3) is 0.600. The first-order valence-corrected chi connectivity index (χ1v) is 6.65. The molecule has 1 saturated heterocycles. The van der Waals surface area contributed by atoms with Crippen LogP contribution in [-0.4, -0.2) is 26.9 Å². The third-order valence-electron chi connectivity index (χ3n) is 4.40. The third kappa shape index (κ3) is 2.14. The van der Waals surface area contributed by atoms with Crippen LogP contribution in [-0.2, 0) is 4.74 Å². The second kappa shape index (κ2) is 5.12. The van der Waals surface area contributed by atoms with Gasteiger partial charge in [0, 0.05) is 23.6 Å². The number of rotatable bonds is 4. The lowest BCUT2D eigenvalue weighted by atomic mass is 9.74. The molecule has 0 aliphatic carbocycles. The van der Waals surface area contributed by atoms with Crippen LogP contribution in [0.5, 0.6) is 5.75 Å². The van der Waals surface area contributed by atoms with Gasteiger partial charge in [0.05, 0.1) is 20.3 Å². The van der Waals surface area contributed by atoms with E-state index in [0.29, 0.717) is 19.8 Å². The van der Waals surface area contributed by atoms with Crippen molar-refractivity contribution in [2.24, 2.45) is 16.9 Å². The number of aryl methyl sites for hydroxylation is 2. The molecule has 4 nitrogen and oxygen atoms in total. The van der Waals surface area contributed by atoms with Gasteiger partial charge in [-0.15, -0.1) is 0 Å². The molecule has 2 rings (SSSR count). The summed E-state index contributed by atoms with van der Waals surface area (Å²) in [6.45, 7) is 8.01. The first kappa shape index (κ1) is 14.3. The van der Waals surface area contributed by atoms with E-state index >= 15 is 0 Å². The van der Waals surface area contributed by atoms with Crippen molar-refractivity contribution in [3.63, 3.8) is 0 Å². The lowest BCUT2D eigenvalue weighted by Crippen LogP contribution is -2.55. The number of benzene rings is 1. The van der Waals surface area contributed by atoms with Gasteiger partial charge in [0.1, 0.15) is 5.75 Å². The minimum absolute atomic E-state index is 0.152. The van der Waals surface area contributed by atoms with Crippen molar-refractivity contribution in [1.82, 2.24) is 0 Å². The van der Waals surface area contributed by atoms with E-state index in [2.05, 4.69) is 26.8 Å². The van der Waals surface area contributed by atoms with Crippen molar-refractivity contribution < 1.29 is 9.47 Å². The molecule has 1 unspecified atom stereocenters. The van der Waals surface area contributed by atoms with Gasteiger partial charge in [-0.1, -0.05) is 6.07 Å². The van der Waals surface area contributed by atoms with E-state index in [0.717, 1.165) is 22.4 Å². The molecule has 0 aromatic heterocycles. The quantitative estimate of drug-likeness (QED) is 0.866. The Bertz CT molecular complexity index is 476. The van der Waals surface area contributed by atoms with Crippen molar-refractivity contribution in [3.8, 4) is 5.75 Å². The summed E-state index contributed by atoms with van der Waals surface area (Å²) in [5, 5.41) is 0. The standard InChI is InChI=1S/C15H24N2O2/c1-9-5-10(2)12(13(18-4)11(9)3)14(17)15(6-16)7-19-8-15/h5,14H,6-8,16-17H2,1-4H3. The minimum atomic E-state index is -0.153. The van der Waals surface area contributed by atoms with Gasteiger partial charge in [-0.05, 0) is 37.5 Å². The zero-order valence-corrected chi connectivity index (χ0v) is 12.2. The zero-order chi connectivity index (χ0) is 14.2. The van der Waals surface area contributed by atoms with Gasteiger partial charge in [-0.25, -0.2) is 0 Å². The molecule has 4 heteroatoms. The van der Waals surface area contributed by atoms with Crippen molar-refractivity contribution in [2.45, 2.75) is 26.8 Å². The normalized spacial score (nSPS) is 18.8. The average Bonchev–Trinajstić information content (AvgIpc) is 2.32. The molecule has 0 saturated carbocycles. The number of hydrogen-bond acceptors (Lipinski definition) is 4. The summed E-state index contributed by atoms with van der Waals surface area (Å²) >= 11 is 0. The van der Waals surface area contributed by atoms with Crippen LogP contribution in [0, 0.1) is 26.2 Å². The number of hydrogen-bond donors (Lipinski definition) is 2. The predicted octanol–water partition coefficient (Wildman–Crippen LogP) is 1.60. The Morgan fingerprint density at radius 2 is 1.95 bits per heavy atom. The maximum absolute atomic E-state index is 6.50. The molecule has 106 valence electrons. The van der Waals surface area contributed by atoms with E-state index in [-0.39, 0.29) is 11.5 Å². The molecule has 1 fully saturated rings. The molecular formula is C15H24N2O2. The first-order valence-electron chi connectivity index (χ1n) is 6.65. The summed E-state index contributed by atoms with van der Waals surface area (Å²) in [5.74, 6) is 0.893. The second-order valence-corrected chi connectivity index (χ2v) is 5.62. The van der Waals surface area contributed by atoms with Gasteiger partial charge in [-0.3, -0.25) is 0 Å². The zero-order valence-electron chi connectivity index (χ0n) is 12.2. The highest BCUT2D eigenvalue weighted by atomic mass is 16.5. The Hall–Kier alpha value is -1.10. The number of ether oxygens (including phenoxy) is 2. The lowest BCUT2D eigenvalue weighted by Gasteiger charge is -2.45. The highest BCUT2D eigenvalue weighted by Gasteiger charge is 2.45. The van der Waals surface area contributed by atoms with E-state index in [9.17, 15) is 0 Å². The molecule has 1 aliphatic rings. The third-order valence-corrected chi connectivity index (χ3v) is 4.40. The van der Waals surface area contributed by atoms with Crippen LogP contribution in [0.1, 0.15) is 28.3 Å². The number of methoxy groups -OCH3 is 1. The van der Waals surface area contributed by atoms with Crippen LogP contribution in [0.25, 0.3) is 0 Å². The average molecular weight is 264 g/mol. The van der Waals surface area contributed by atoms with E-state index in [1.165, 1.54) is 5.56 Å². The molecule has 19 heavy (non-hydrogen) atoms. The van der Waals surface area contributed by atoms with E-state index in [1.54, 1.807) is 7.11 Å². The van der Waals surface area contributed by atoms with Crippen LogP contribution < -0.4 is 16.2 Å². The molecule has 1 heterocycles. The minimum Gasteiger partial charge on any atom is -0.496 e. The topological polar surface area (TPSA) is 70.5 Å². The highest BCUT2D eigenvalue weighted by Crippen LogP contribution is 2.44. The summed E-state index contributed by atoms with van der Waals surface area (Å²) in [5.41, 5.74) is 16.9. The SMILES string of the molecule is COc1c(C)c(C)cc(C)c1C(N)C1(CN)COC1. The van der Waals surface area contributed by atoms with Crippen molar-refractivity contribution in [3.05, 3.63) is 28.3 Å². The molecule has 0 spiro atoms. The maximum Gasteiger partial charge on any atom is 0.127 e. The van der Waals surface area contributed by atoms with Gasteiger partial charge >= 0.3 is 0 Å². The van der Waals surface area contributed by atoms with Gasteiger partial charge in [-0.2, -0.15) is 0 Å². The highest BCUT2D eigenvalue weighted by molar-refractivity contribution is 5.51. The van der Waals surface area contributed by atoms with Gasteiger partial charge < -0.3 is 20.9 Å². The molecule has 0 bridgehead atoms. The van der Waals surface area contributed by atoms with Gasteiger partial charge in [0.2, 0.25) is 0 Å². The first-order chi connectivity index (χ1) is 8.96. The smallest absolute Gasteiger partial charge is 0.127 e. The van der Waals surface area contributed by atoms with Crippen LogP contribution in [0.2, 0.25) is 0 Å². The summed E-state index contributed by atoms with van der Waals surface area (Å²) < 4.78 is 10.9. The summed E-state index contributed by atoms with van der Waals surface area (Å²) in [6, 6.07) is 2.01. The van der Waals surface area contributed by atoms with Crippen LogP contribution in [0.4, 0.5) is 0 Å². The Morgan fingerprint density at radius 1 is 1.32 bits per heavy atom. The lowest BCUT2D eigenvalue weighted by molar-refractivity contribution is -0.121. The fourth-order valence-electron chi connectivity index (χ4n) is 2.82. The van der Waals surface area contributed by atoms with Crippen molar-refractivity contribution in [2.75, 3.05) is 26.9 Å². The Labute approximate surface area is 115 Å². The Morgan fingerprint density at radius 3 is 2.37 bits per heavy atom. The van der Waals surface area contributed by atoms with E-state index in [1.807, 2.05) is 0 Å². The van der Waals surface area contributed by atoms with Gasteiger partial charge in [0.15, 0.2) is 0 Å². The molecule has 1 atom stereocenters. The Balaban J connectivity index is 2.52. The monoisotopic (exact) mass is 264 g/mol.